The van der Waals surface area contributed by atoms with Crippen LogP contribution in [0, 0.1) is 0 Å². The Morgan fingerprint density at radius 1 is 0.750 bits per heavy atom. The molecule has 0 aliphatic heterocycles. The Hall–Kier alpha value is -0.0800. The van der Waals surface area contributed by atoms with Crippen molar-refractivity contribution >= 4 is 0 Å². The SMILES string of the molecule is CN(C)C1CCCCC1N(C)C. The molecule has 0 aromatic heterocycles. The second-order valence-corrected chi connectivity index (χ2v) is 4.35. The summed E-state index contributed by atoms with van der Waals surface area (Å²) in [5, 5.41) is 0. The van der Waals surface area contributed by atoms with E-state index in [1.54, 1.807) is 0 Å². The van der Waals surface area contributed by atoms with Gasteiger partial charge in [0.25, 0.3) is 0 Å². The van der Waals surface area contributed by atoms with Gasteiger partial charge in [0.2, 0.25) is 0 Å². The fraction of sp³-hybridized carbons (Fsp3) is 1.00. The Balaban J connectivity index is 2.54. The van der Waals surface area contributed by atoms with Crippen LogP contribution in [0.3, 0.4) is 0 Å². The van der Waals surface area contributed by atoms with E-state index in [0.717, 1.165) is 12.1 Å². The highest BCUT2D eigenvalue weighted by Gasteiger charge is 2.27. The van der Waals surface area contributed by atoms with Crippen molar-refractivity contribution in [2.24, 2.45) is 0 Å². The lowest BCUT2D eigenvalue weighted by molar-refractivity contribution is 0.110. The molecule has 0 saturated heterocycles. The molecule has 2 nitrogen and oxygen atoms in total. The molecule has 0 N–H and O–H groups in total. The van der Waals surface area contributed by atoms with E-state index in [9.17, 15) is 0 Å². The number of hydrogen-bond donors (Lipinski definition) is 0. The first-order valence-corrected chi connectivity index (χ1v) is 4.96. The second kappa shape index (κ2) is 4.24. The molecule has 0 bridgehead atoms. The fourth-order valence-corrected chi connectivity index (χ4v) is 2.30. The third-order valence-corrected chi connectivity index (χ3v) is 3.02. The summed E-state index contributed by atoms with van der Waals surface area (Å²) in [7, 11) is 8.80. The molecule has 0 spiro atoms. The van der Waals surface area contributed by atoms with Gasteiger partial charge in [0.1, 0.15) is 0 Å². The highest BCUT2D eigenvalue weighted by molar-refractivity contribution is 4.85. The predicted molar refractivity (Wildman–Crippen MR) is 53.4 cm³/mol. The molecule has 2 heteroatoms. The van der Waals surface area contributed by atoms with Gasteiger partial charge in [-0.3, -0.25) is 0 Å². The molecule has 1 rings (SSSR count). The van der Waals surface area contributed by atoms with Crippen LogP contribution in [0.25, 0.3) is 0 Å². The van der Waals surface area contributed by atoms with Crippen molar-refractivity contribution in [3.8, 4) is 0 Å². The molecule has 1 saturated carbocycles. The molecule has 1 aliphatic rings. The van der Waals surface area contributed by atoms with Crippen LogP contribution >= 0.6 is 0 Å². The van der Waals surface area contributed by atoms with Gasteiger partial charge in [-0.1, -0.05) is 12.8 Å². The number of hydrogen-bond acceptors (Lipinski definition) is 2. The van der Waals surface area contributed by atoms with E-state index < -0.39 is 0 Å². The molecule has 0 heterocycles. The fourth-order valence-electron chi connectivity index (χ4n) is 2.30. The van der Waals surface area contributed by atoms with Crippen molar-refractivity contribution < 1.29 is 0 Å². The second-order valence-electron chi connectivity index (χ2n) is 4.35. The minimum Gasteiger partial charge on any atom is -0.305 e. The van der Waals surface area contributed by atoms with Crippen LogP contribution in [0.4, 0.5) is 0 Å². The zero-order valence-corrected chi connectivity index (χ0v) is 8.88. The average Bonchev–Trinajstić information content (AvgIpc) is 2.04. The summed E-state index contributed by atoms with van der Waals surface area (Å²) >= 11 is 0. The minimum atomic E-state index is 0.772. The van der Waals surface area contributed by atoms with E-state index in [2.05, 4.69) is 38.0 Å². The number of nitrogens with zero attached hydrogens (tertiary/aromatic N) is 2. The number of rotatable bonds is 2. The maximum absolute atomic E-state index is 2.38. The molecule has 0 radical (unpaired) electrons. The molecule has 1 fully saturated rings. The number of likely N-dealkylation sites (N-methyl/N-ethyl adjacent to an activating group) is 2. The Bertz CT molecular complexity index is 116. The maximum Gasteiger partial charge on any atom is 0.0245 e. The molecule has 72 valence electrons. The average molecular weight is 170 g/mol. The van der Waals surface area contributed by atoms with Crippen LogP contribution in [-0.2, 0) is 0 Å². The summed E-state index contributed by atoms with van der Waals surface area (Å²) in [6.07, 6.45) is 5.56. The van der Waals surface area contributed by atoms with E-state index >= 15 is 0 Å². The van der Waals surface area contributed by atoms with Gasteiger partial charge in [-0.05, 0) is 41.0 Å². The maximum atomic E-state index is 2.38. The molecule has 12 heavy (non-hydrogen) atoms. The standard InChI is InChI=1S/C10H22N2/c1-11(2)9-7-5-6-8-10(9)12(3)4/h9-10H,5-8H2,1-4H3. The molecule has 0 amide bonds. The Kier molecular flexibility index (Phi) is 3.53. The van der Waals surface area contributed by atoms with E-state index in [1.807, 2.05) is 0 Å². The molecule has 1 aliphatic carbocycles. The highest BCUT2D eigenvalue weighted by atomic mass is 15.2. The van der Waals surface area contributed by atoms with E-state index in [1.165, 1.54) is 25.7 Å². The summed E-state index contributed by atoms with van der Waals surface area (Å²) in [6.45, 7) is 0. The zero-order valence-electron chi connectivity index (χ0n) is 8.88. The molecule has 0 aromatic rings. The Labute approximate surface area is 76.5 Å². The molecular formula is C10H22N2. The van der Waals surface area contributed by atoms with Gasteiger partial charge in [0.15, 0.2) is 0 Å². The summed E-state index contributed by atoms with van der Waals surface area (Å²) in [6, 6.07) is 1.54. The quantitative estimate of drug-likeness (QED) is 0.618. The predicted octanol–water partition coefficient (Wildman–Crippen LogP) is 1.42. The summed E-state index contributed by atoms with van der Waals surface area (Å²) in [5.74, 6) is 0. The molecule has 2 atom stereocenters. The third kappa shape index (κ3) is 2.20. The van der Waals surface area contributed by atoms with E-state index in [-0.39, 0.29) is 0 Å². The normalized spacial score (nSPS) is 31.5. The first kappa shape index (κ1) is 10.0. The van der Waals surface area contributed by atoms with Crippen LogP contribution in [0.1, 0.15) is 25.7 Å². The topological polar surface area (TPSA) is 6.48 Å². The van der Waals surface area contributed by atoms with Gasteiger partial charge >= 0.3 is 0 Å². The zero-order chi connectivity index (χ0) is 9.14. The van der Waals surface area contributed by atoms with Crippen LogP contribution in [-0.4, -0.2) is 50.1 Å². The van der Waals surface area contributed by atoms with Gasteiger partial charge in [0.05, 0.1) is 0 Å². The Morgan fingerprint density at radius 3 is 1.33 bits per heavy atom. The van der Waals surface area contributed by atoms with E-state index in [0.29, 0.717) is 0 Å². The first-order chi connectivity index (χ1) is 5.63. The molecule has 0 aromatic carbocycles. The highest BCUT2D eigenvalue weighted by Crippen LogP contribution is 2.24. The monoisotopic (exact) mass is 170 g/mol. The Morgan fingerprint density at radius 2 is 1.08 bits per heavy atom. The van der Waals surface area contributed by atoms with Crippen LogP contribution in [0.15, 0.2) is 0 Å². The van der Waals surface area contributed by atoms with Gasteiger partial charge in [-0.25, -0.2) is 0 Å². The van der Waals surface area contributed by atoms with Crippen molar-refractivity contribution in [1.82, 2.24) is 9.80 Å². The summed E-state index contributed by atoms with van der Waals surface area (Å²) < 4.78 is 0. The third-order valence-electron chi connectivity index (χ3n) is 3.02. The van der Waals surface area contributed by atoms with Crippen LogP contribution < -0.4 is 0 Å². The smallest absolute Gasteiger partial charge is 0.0245 e. The lowest BCUT2D eigenvalue weighted by atomic mass is 9.89. The van der Waals surface area contributed by atoms with Crippen molar-refractivity contribution in [1.29, 1.82) is 0 Å². The minimum absolute atomic E-state index is 0.772. The van der Waals surface area contributed by atoms with Crippen LogP contribution in [0.2, 0.25) is 0 Å². The van der Waals surface area contributed by atoms with Crippen molar-refractivity contribution in [2.45, 2.75) is 37.8 Å². The van der Waals surface area contributed by atoms with Crippen molar-refractivity contribution in [3.63, 3.8) is 0 Å². The van der Waals surface area contributed by atoms with Crippen molar-refractivity contribution in [2.75, 3.05) is 28.2 Å². The van der Waals surface area contributed by atoms with Gasteiger partial charge in [0, 0.05) is 12.1 Å². The van der Waals surface area contributed by atoms with Gasteiger partial charge in [-0.15, -0.1) is 0 Å². The first-order valence-electron chi connectivity index (χ1n) is 4.96. The van der Waals surface area contributed by atoms with E-state index in [4.69, 9.17) is 0 Å². The van der Waals surface area contributed by atoms with Crippen LogP contribution in [0.5, 0.6) is 0 Å². The molecule has 2 unspecified atom stereocenters. The summed E-state index contributed by atoms with van der Waals surface area (Å²) in [5.41, 5.74) is 0. The summed E-state index contributed by atoms with van der Waals surface area (Å²) in [4.78, 5) is 4.76. The lowest BCUT2D eigenvalue weighted by Gasteiger charge is -2.39. The van der Waals surface area contributed by atoms with Crippen molar-refractivity contribution in [3.05, 3.63) is 0 Å². The largest absolute Gasteiger partial charge is 0.305 e. The van der Waals surface area contributed by atoms with Gasteiger partial charge < -0.3 is 9.80 Å². The lowest BCUT2D eigenvalue weighted by Crippen LogP contribution is -2.48. The molecular weight excluding hydrogens is 148 g/mol. The van der Waals surface area contributed by atoms with Gasteiger partial charge in [-0.2, -0.15) is 0 Å².